The van der Waals surface area contributed by atoms with Gasteiger partial charge in [0.1, 0.15) is 35.9 Å². The molecule has 5 N–H and O–H groups in total. The summed E-state index contributed by atoms with van der Waals surface area (Å²) in [4.78, 5) is 0. The van der Waals surface area contributed by atoms with Crippen LogP contribution in [0.5, 0.6) is 11.5 Å². The maximum absolute atomic E-state index is 10.00. The van der Waals surface area contributed by atoms with E-state index in [1.165, 1.54) is 0 Å². The van der Waals surface area contributed by atoms with E-state index in [4.69, 9.17) is 9.47 Å². The highest BCUT2D eigenvalue weighted by Gasteiger charge is 2.44. The van der Waals surface area contributed by atoms with Crippen molar-refractivity contribution in [2.75, 3.05) is 6.61 Å². The highest BCUT2D eigenvalue weighted by atomic mass is 16.7. The maximum Gasteiger partial charge on any atom is 0.229 e. The van der Waals surface area contributed by atoms with Crippen LogP contribution in [0.25, 0.3) is 12.2 Å². The largest absolute Gasteiger partial charge is 0.508 e. The number of aliphatic hydroxyl groups excluding tert-OH is 4. The highest BCUT2D eigenvalue weighted by Crippen LogP contribution is 2.25. The lowest BCUT2D eigenvalue weighted by molar-refractivity contribution is -0.277. The van der Waals surface area contributed by atoms with Crippen LogP contribution in [-0.2, 0) is 4.74 Å². The van der Waals surface area contributed by atoms with Gasteiger partial charge in [0.15, 0.2) is 0 Å². The molecule has 0 saturated carbocycles. The number of rotatable bonds is 5. The quantitative estimate of drug-likeness (QED) is 0.490. The van der Waals surface area contributed by atoms with Crippen LogP contribution in [0.1, 0.15) is 11.1 Å². The molecular formula is C20H22O7. The van der Waals surface area contributed by atoms with Crippen LogP contribution in [0.3, 0.4) is 0 Å². The lowest BCUT2D eigenvalue weighted by atomic mass is 9.99. The summed E-state index contributed by atoms with van der Waals surface area (Å²) in [7, 11) is 0. The summed E-state index contributed by atoms with van der Waals surface area (Å²) in [5.41, 5.74) is 1.75. The highest BCUT2D eigenvalue weighted by molar-refractivity contribution is 5.70. The summed E-state index contributed by atoms with van der Waals surface area (Å²) in [6.07, 6.45) is -2.86. The number of aromatic hydroxyl groups is 1. The fourth-order valence-electron chi connectivity index (χ4n) is 2.78. The average molecular weight is 374 g/mol. The molecular weight excluding hydrogens is 352 g/mol. The Morgan fingerprint density at radius 3 is 2.26 bits per heavy atom. The third-order valence-electron chi connectivity index (χ3n) is 4.32. The first-order chi connectivity index (χ1) is 13.0. The predicted molar refractivity (Wildman–Crippen MR) is 97.9 cm³/mol. The van der Waals surface area contributed by atoms with Crippen LogP contribution in [0.15, 0.2) is 48.5 Å². The third kappa shape index (κ3) is 4.65. The molecule has 144 valence electrons. The topological polar surface area (TPSA) is 120 Å². The Morgan fingerprint density at radius 2 is 1.59 bits per heavy atom. The van der Waals surface area contributed by atoms with Crippen LogP contribution < -0.4 is 4.74 Å². The summed E-state index contributed by atoms with van der Waals surface area (Å²) < 4.78 is 10.9. The fraction of sp³-hybridized carbons (Fsp3) is 0.300. The average Bonchev–Trinajstić information content (AvgIpc) is 2.68. The van der Waals surface area contributed by atoms with Crippen molar-refractivity contribution in [1.29, 1.82) is 0 Å². The minimum atomic E-state index is -1.48. The van der Waals surface area contributed by atoms with E-state index in [-0.39, 0.29) is 5.75 Å². The molecule has 0 spiro atoms. The normalized spacial score (nSPS) is 28.4. The number of hydrogen-bond acceptors (Lipinski definition) is 7. The van der Waals surface area contributed by atoms with Crippen molar-refractivity contribution in [3.05, 3.63) is 59.7 Å². The molecule has 0 amide bonds. The van der Waals surface area contributed by atoms with Gasteiger partial charge < -0.3 is 35.0 Å². The number of aliphatic hydroxyl groups is 4. The van der Waals surface area contributed by atoms with Gasteiger partial charge in [-0.05, 0) is 35.4 Å². The fourth-order valence-corrected chi connectivity index (χ4v) is 2.78. The lowest BCUT2D eigenvalue weighted by Crippen LogP contribution is -2.60. The molecule has 0 bridgehead atoms. The van der Waals surface area contributed by atoms with Crippen molar-refractivity contribution < 1.29 is 35.0 Å². The van der Waals surface area contributed by atoms with E-state index in [2.05, 4.69) is 0 Å². The molecule has 0 aliphatic carbocycles. The van der Waals surface area contributed by atoms with Crippen LogP contribution in [-0.4, -0.2) is 62.8 Å². The van der Waals surface area contributed by atoms with Gasteiger partial charge in [0.2, 0.25) is 6.29 Å². The van der Waals surface area contributed by atoms with Crippen molar-refractivity contribution >= 4 is 12.2 Å². The van der Waals surface area contributed by atoms with Gasteiger partial charge in [0, 0.05) is 0 Å². The molecule has 2 aromatic rings. The summed E-state index contributed by atoms with van der Waals surface area (Å²) in [6.45, 7) is -0.510. The summed E-state index contributed by atoms with van der Waals surface area (Å²) >= 11 is 0. The minimum absolute atomic E-state index is 0.195. The second-order valence-corrected chi connectivity index (χ2v) is 6.31. The molecule has 1 aliphatic rings. The Balaban J connectivity index is 1.65. The zero-order valence-corrected chi connectivity index (χ0v) is 14.4. The van der Waals surface area contributed by atoms with E-state index in [1.807, 2.05) is 18.2 Å². The number of ether oxygens (including phenoxy) is 2. The minimum Gasteiger partial charge on any atom is -0.508 e. The predicted octanol–water partition coefficient (Wildman–Crippen LogP) is 0.741. The number of phenolic OH excluding ortho intramolecular Hbond substituents is 1. The molecule has 1 fully saturated rings. The number of hydrogen-bond donors (Lipinski definition) is 5. The van der Waals surface area contributed by atoms with Gasteiger partial charge in [-0.3, -0.25) is 0 Å². The first-order valence-electron chi connectivity index (χ1n) is 8.52. The first kappa shape index (κ1) is 19.3. The molecule has 5 atom stereocenters. The lowest BCUT2D eigenvalue weighted by Gasteiger charge is -2.39. The molecule has 7 heteroatoms. The second kappa shape index (κ2) is 8.51. The first-order valence-corrected chi connectivity index (χ1v) is 8.52. The van der Waals surface area contributed by atoms with Crippen molar-refractivity contribution in [3.8, 4) is 11.5 Å². The molecule has 1 saturated heterocycles. The smallest absolute Gasteiger partial charge is 0.229 e. The van der Waals surface area contributed by atoms with Crippen LogP contribution >= 0.6 is 0 Å². The van der Waals surface area contributed by atoms with E-state index in [1.54, 1.807) is 42.5 Å². The molecule has 1 heterocycles. The maximum atomic E-state index is 10.00. The van der Waals surface area contributed by atoms with E-state index >= 15 is 0 Å². The van der Waals surface area contributed by atoms with Crippen LogP contribution in [0.4, 0.5) is 0 Å². The zero-order chi connectivity index (χ0) is 19.4. The SMILES string of the molecule is OC[C@H]1O[C@@H](Oc2ccc(/C=C/c3cccc(O)c3)cc2)[C@H](O)[C@@H](O)[C@@H]1O. The van der Waals surface area contributed by atoms with E-state index in [9.17, 15) is 25.5 Å². The third-order valence-corrected chi connectivity index (χ3v) is 4.32. The molecule has 0 unspecified atom stereocenters. The Bertz CT molecular complexity index is 772. The van der Waals surface area contributed by atoms with Crippen molar-refractivity contribution in [2.45, 2.75) is 30.7 Å². The molecule has 2 aromatic carbocycles. The number of phenols is 1. The standard InChI is InChI=1S/C20H22O7/c21-11-16-17(23)18(24)19(25)20(27-16)26-15-8-6-12(7-9-15)4-5-13-2-1-3-14(22)10-13/h1-10,16-25H,11H2/b5-4+/t16-,17-,18+,19-,20-/m1/s1. The van der Waals surface area contributed by atoms with Gasteiger partial charge in [-0.1, -0.05) is 36.4 Å². The molecule has 3 rings (SSSR count). The van der Waals surface area contributed by atoms with Crippen molar-refractivity contribution in [3.63, 3.8) is 0 Å². The summed E-state index contributed by atoms with van der Waals surface area (Å²) in [6, 6.07) is 13.8. The van der Waals surface area contributed by atoms with Gasteiger partial charge in [-0.15, -0.1) is 0 Å². The van der Waals surface area contributed by atoms with E-state index in [0.717, 1.165) is 11.1 Å². The molecule has 27 heavy (non-hydrogen) atoms. The van der Waals surface area contributed by atoms with Crippen molar-refractivity contribution in [2.24, 2.45) is 0 Å². The van der Waals surface area contributed by atoms with Gasteiger partial charge in [-0.25, -0.2) is 0 Å². The van der Waals surface area contributed by atoms with Gasteiger partial charge in [0.25, 0.3) is 0 Å². The Morgan fingerprint density at radius 1 is 0.889 bits per heavy atom. The monoisotopic (exact) mass is 374 g/mol. The zero-order valence-electron chi connectivity index (χ0n) is 14.4. The summed E-state index contributed by atoms with van der Waals surface area (Å²) in [5, 5.41) is 48.2. The second-order valence-electron chi connectivity index (χ2n) is 6.31. The van der Waals surface area contributed by atoms with Crippen molar-refractivity contribution in [1.82, 2.24) is 0 Å². The Labute approximate surface area is 156 Å². The number of benzene rings is 2. The molecule has 0 radical (unpaired) electrons. The molecule has 0 aromatic heterocycles. The van der Waals surface area contributed by atoms with Gasteiger partial charge in [0.05, 0.1) is 6.61 Å². The van der Waals surface area contributed by atoms with E-state index in [0.29, 0.717) is 5.75 Å². The molecule has 7 nitrogen and oxygen atoms in total. The van der Waals surface area contributed by atoms with E-state index < -0.39 is 37.3 Å². The molecule has 1 aliphatic heterocycles. The van der Waals surface area contributed by atoms with Gasteiger partial charge in [-0.2, -0.15) is 0 Å². The van der Waals surface area contributed by atoms with Gasteiger partial charge >= 0.3 is 0 Å². The summed E-state index contributed by atoms with van der Waals surface area (Å²) in [5.74, 6) is 0.592. The Kier molecular flexibility index (Phi) is 6.10. The van der Waals surface area contributed by atoms with Crippen LogP contribution in [0.2, 0.25) is 0 Å². The Hall–Kier alpha value is -2.42. The van der Waals surface area contributed by atoms with Crippen LogP contribution in [0, 0.1) is 0 Å².